The van der Waals surface area contributed by atoms with Gasteiger partial charge in [-0.15, -0.1) is 0 Å². The minimum absolute atomic E-state index is 0.186. The van der Waals surface area contributed by atoms with Crippen molar-refractivity contribution in [3.8, 4) is 0 Å². The topological polar surface area (TPSA) is 177 Å². The van der Waals surface area contributed by atoms with E-state index in [1.54, 1.807) is 35.8 Å². The van der Waals surface area contributed by atoms with Crippen LogP contribution in [0.4, 0.5) is 11.4 Å². The molecule has 0 aliphatic carbocycles. The summed E-state index contributed by atoms with van der Waals surface area (Å²) in [5.41, 5.74) is 21.3. The maximum atomic E-state index is 11.2. The second kappa shape index (κ2) is 37.7. The van der Waals surface area contributed by atoms with Crippen LogP contribution in [-0.2, 0) is 31.7 Å². The third-order valence-electron chi connectivity index (χ3n) is 18.5. The number of anilines is 2. The van der Waals surface area contributed by atoms with Gasteiger partial charge in [0.2, 0.25) is 5.91 Å². The molecule has 0 saturated heterocycles. The second-order valence-corrected chi connectivity index (χ2v) is 27.0. The molecule has 0 bridgehead atoms. The smallest absolute Gasteiger partial charge is 0.419 e. The minimum Gasteiger partial charge on any atom is -0.464 e. The number of aromatic nitrogens is 9. The Balaban J connectivity index is 0.000000119. The number of rotatable bonds is 0. The average Bonchev–Trinajstić information content (AvgIpc) is 1.65. The van der Waals surface area contributed by atoms with Gasteiger partial charge in [-0.3, -0.25) is 14.5 Å². The molecule has 0 saturated carbocycles. The SMILES string of the molecule is CN1C(=O)Cc2ccccc21.CN1CCc2ccccc21.Cc1[nH]nc2ccccc12.Cc1c[nH]c2ccccc12.Cc1ccccc1.Cc1coc2ccccc12.Cc1ncn2ccccc12.Cc1noc2ccccc12.Cc1nsc2ccccc12.Cn1c(=O)oc2ccccc21.Cn1ccc2ccccc21. The van der Waals surface area contributed by atoms with Crippen LogP contribution in [0.25, 0.3) is 81.3 Å². The first-order chi connectivity index (χ1) is 53.0. The normalized spacial score (nSPS) is 11.3. The van der Waals surface area contributed by atoms with Crippen molar-refractivity contribution in [2.75, 3.05) is 30.4 Å². The number of H-pyrrole nitrogens is 2. The van der Waals surface area contributed by atoms with E-state index in [9.17, 15) is 9.59 Å². The van der Waals surface area contributed by atoms with Gasteiger partial charge in [-0.1, -0.05) is 199 Å². The molecule has 0 unspecified atom stereocenters. The number of pyridine rings is 1. The standard InChI is InChI=1S/C9H9NO.C9H11N.2C9H9N.C9H8O.2C8H8N2.C8H7NO2.C8H7NO.C8H7NS.C7H8/c1-10-8-5-3-2-4-7(8)6-9(10)11;2*1-10-7-6-8-4-2-3-5-9(8)10;2*1-7-6-10-9-5-3-2-4-8(7)9;1-7-8-4-2-3-5-10(8)6-9-7;1-6-7-4-2-3-5-8(7)10-9-6;1-9-6-4-2-3-5-7(6)11-8(9)10;2*1-6-7-4-2-3-5-8(7)10-9-6;1-7-5-3-2-4-6-7/h2-5H,6H2,1H3;2-5H,6-7H2,1H3;2-7H,1H3;2-6,10H,1H3;2*2-6H,1H3;2-5H,1H3,(H,9,10);2-5H,1H3;2*2-5H,1H3;2-6H,1H3. The van der Waals surface area contributed by atoms with Crippen LogP contribution >= 0.6 is 11.5 Å². The van der Waals surface area contributed by atoms with Crippen molar-refractivity contribution in [2.45, 2.75) is 61.3 Å². The number of carbonyl (C=O) groups excluding carboxylic acids is 1. The molecule has 11 heterocycles. The number of aromatic amines is 2. The van der Waals surface area contributed by atoms with Gasteiger partial charge in [-0.25, -0.2) is 9.78 Å². The number of carbonyl (C=O) groups is 1. The molecule has 0 atom stereocenters. The molecule has 550 valence electrons. The third kappa shape index (κ3) is 20.3. The fraction of sp³-hybridized carbons (Fsp3) is 0.152. The quantitative estimate of drug-likeness (QED) is 0.148. The lowest BCUT2D eigenvalue weighted by Crippen LogP contribution is -2.20. The number of furan rings is 1. The van der Waals surface area contributed by atoms with Crippen LogP contribution < -0.4 is 15.6 Å². The Bertz CT molecular complexity index is 5420. The number of likely N-dealkylation sites (N-methyl/N-ethyl adjacent to an activating group) is 2. The van der Waals surface area contributed by atoms with Crippen molar-refractivity contribution >= 4 is 110 Å². The van der Waals surface area contributed by atoms with Crippen LogP contribution in [0.5, 0.6) is 0 Å². The van der Waals surface area contributed by atoms with E-state index >= 15 is 0 Å². The molecule has 10 aromatic carbocycles. The highest BCUT2D eigenvalue weighted by Crippen LogP contribution is 2.28. The molecule has 109 heavy (non-hydrogen) atoms. The number of benzene rings is 10. The third-order valence-corrected chi connectivity index (χ3v) is 19.4. The van der Waals surface area contributed by atoms with Crippen LogP contribution in [0.15, 0.2) is 322 Å². The van der Waals surface area contributed by atoms with Crippen LogP contribution in [-0.4, -0.2) is 69.8 Å². The summed E-state index contributed by atoms with van der Waals surface area (Å²) in [5.74, 6) is -0.127. The van der Waals surface area contributed by atoms with Gasteiger partial charge in [0.15, 0.2) is 11.2 Å². The largest absolute Gasteiger partial charge is 0.464 e. The predicted octanol–water partition coefficient (Wildman–Crippen LogP) is 21.7. The minimum atomic E-state index is -0.314. The van der Waals surface area contributed by atoms with Crippen molar-refractivity contribution in [1.29, 1.82) is 0 Å². The first-order valence-electron chi connectivity index (χ1n) is 36.0. The second-order valence-electron chi connectivity index (χ2n) is 26.2. The van der Waals surface area contributed by atoms with Crippen LogP contribution in [0.3, 0.4) is 0 Å². The van der Waals surface area contributed by atoms with E-state index in [4.69, 9.17) is 13.4 Å². The monoisotopic (exact) mass is 1460 g/mol. The number of hydrogen-bond donors (Lipinski definition) is 2. The van der Waals surface area contributed by atoms with Crippen LogP contribution in [0.2, 0.25) is 0 Å². The first-order valence-corrected chi connectivity index (χ1v) is 36.8. The average molecular weight is 1460 g/mol. The fourth-order valence-electron chi connectivity index (χ4n) is 12.3. The van der Waals surface area contributed by atoms with Crippen molar-refractivity contribution in [3.05, 3.63) is 365 Å². The lowest BCUT2D eigenvalue weighted by atomic mass is 10.2. The zero-order valence-corrected chi connectivity index (χ0v) is 64.3. The number of hydrogen-bond acceptors (Lipinski definition) is 11. The van der Waals surface area contributed by atoms with Gasteiger partial charge in [0, 0.05) is 108 Å². The number of nitrogens with one attached hydrogen (secondary N) is 2. The predicted molar refractivity (Wildman–Crippen MR) is 450 cm³/mol. The lowest BCUT2D eigenvalue weighted by molar-refractivity contribution is -0.117. The van der Waals surface area contributed by atoms with Crippen LogP contribution in [0.1, 0.15) is 50.6 Å². The summed E-state index contributed by atoms with van der Waals surface area (Å²) in [6, 6.07) is 91.2. The van der Waals surface area contributed by atoms with E-state index in [1.807, 2.05) is 216 Å². The van der Waals surface area contributed by atoms with Crippen molar-refractivity contribution in [3.63, 3.8) is 0 Å². The van der Waals surface area contributed by atoms with Crippen LogP contribution in [0, 0.1) is 48.5 Å². The zero-order valence-electron chi connectivity index (χ0n) is 63.5. The highest BCUT2D eigenvalue weighted by molar-refractivity contribution is 7.13. The Morgan fingerprint density at radius 1 is 0.477 bits per heavy atom. The molecule has 1 amide bonds. The molecule has 19 aromatic rings. The summed E-state index contributed by atoms with van der Waals surface area (Å²) in [4.78, 5) is 33.4. The van der Waals surface area contributed by atoms with Gasteiger partial charge in [0.25, 0.3) is 0 Å². The molecule has 2 aliphatic rings. The molecule has 17 heteroatoms. The van der Waals surface area contributed by atoms with Gasteiger partial charge in [0.05, 0.1) is 57.3 Å². The Hall–Kier alpha value is -13.1. The van der Waals surface area contributed by atoms with Crippen molar-refractivity contribution < 1.29 is 18.2 Å². The molecule has 21 rings (SSSR count). The number of imidazole rings is 1. The van der Waals surface area contributed by atoms with Gasteiger partial charge >= 0.3 is 5.76 Å². The number of para-hydroxylation sites is 9. The molecular formula is C92H91N11O5S. The zero-order chi connectivity index (χ0) is 76.6. The Morgan fingerprint density at radius 2 is 1.07 bits per heavy atom. The molecule has 0 fully saturated rings. The molecular weight excluding hydrogens is 1370 g/mol. The summed E-state index contributed by atoms with van der Waals surface area (Å²) in [5, 5.41) is 18.3. The van der Waals surface area contributed by atoms with Crippen molar-refractivity contribution in [1.82, 2.24) is 43.2 Å². The summed E-state index contributed by atoms with van der Waals surface area (Å²) < 4.78 is 26.3. The van der Waals surface area contributed by atoms with E-state index in [0.717, 1.165) is 61.6 Å². The summed E-state index contributed by atoms with van der Waals surface area (Å²) in [6.45, 7) is 15.4. The highest BCUT2D eigenvalue weighted by Gasteiger charge is 2.22. The molecule has 0 spiro atoms. The Labute approximate surface area is 638 Å². The number of aryl methyl sites for hydroxylation is 9. The molecule has 2 aliphatic heterocycles. The highest BCUT2D eigenvalue weighted by atomic mass is 32.1. The summed E-state index contributed by atoms with van der Waals surface area (Å²) in [7, 11) is 7.70. The van der Waals surface area contributed by atoms with E-state index in [-0.39, 0.29) is 11.7 Å². The number of fused-ring (bicyclic) bond motifs is 10. The molecule has 9 aromatic heterocycles. The van der Waals surface area contributed by atoms with E-state index in [2.05, 4.69) is 189 Å². The number of nitrogens with zero attached hydrogens (tertiary/aromatic N) is 9. The van der Waals surface area contributed by atoms with Crippen molar-refractivity contribution in [2.24, 2.45) is 14.1 Å². The van der Waals surface area contributed by atoms with Gasteiger partial charge in [-0.05, 0) is 179 Å². The summed E-state index contributed by atoms with van der Waals surface area (Å²) >= 11 is 1.56. The summed E-state index contributed by atoms with van der Waals surface area (Å²) in [6.07, 6.45) is 11.5. The lowest BCUT2D eigenvalue weighted by Gasteiger charge is -2.10. The number of amides is 1. The maximum absolute atomic E-state index is 11.2. The van der Waals surface area contributed by atoms with Gasteiger partial charge in [0.1, 0.15) is 5.58 Å². The maximum Gasteiger partial charge on any atom is 0.419 e. The van der Waals surface area contributed by atoms with E-state index < -0.39 is 0 Å². The molecule has 16 nitrogen and oxygen atoms in total. The Morgan fingerprint density at radius 3 is 1.74 bits per heavy atom. The van der Waals surface area contributed by atoms with Gasteiger partial charge in [-0.2, -0.15) is 9.47 Å². The number of oxazole rings is 1. The first kappa shape index (κ1) is 77.0. The molecule has 2 N–H and O–H groups in total. The fourth-order valence-corrected chi connectivity index (χ4v) is 13.1. The molecule has 0 radical (unpaired) electrons. The van der Waals surface area contributed by atoms with E-state index in [1.165, 1.54) is 93.7 Å². The van der Waals surface area contributed by atoms with E-state index in [0.29, 0.717) is 12.0 Å². The Kier molecular flexibility index (Phi) is 26.6. The van der Waals surface area contributed by atoms with Gasteiger partial charge < -0.3 is 37.1 Å².